The summed E-state index contributed by atoms with van der Waals surface area (Å²) in [6.07, 6.45) is 4.39. The molecule has 0 bridgehead atoms. The van der Waals surface area contributed by atoms with Gasteiger partial charge in [-0.05, 0) is 64.9 Å². The van der Waals surface area contributed by atoms with Crippen LogP contribution >= 0.6 is 0 Å². The molecular formula is C32H35FN6O3. The molecule has 0 atom stereocenters. The Labute approximate surface area is 244 Å². The number of aromatic nitrogens is 2. The first-order valence-electron chi connectivity index (χ1n) is 13.4. The molecule has 0 saturated carbocycles. The van der Waals surface area contributed by atoms with Crippen LogP contribution < -0.4 is 21.7 Å². The van der Waals surface area contributed by atoms with Gasteiger partial charge in [-0.25, -0.2) is 9.37 Å². The van der Waals surface area contributed by atoms with Gasteiger partial charge in [-0.2, -0.15) is 5.48 Å². The molecule has 9 nitrogen and oxygen atoms in total. The highest BCUT2D eigenvalue weighted by atomic mass is 19.1. The highest BCUT2D eigenvalue weighted by molar-refractivity contribution is 6.10. The fourth-order valence-corrected chi connectivity index (χ4v) is 4.53. The third-order valence-electron chi connectivity index (χ3n) is 6.95. The van der Waals surface area contributed by atoms with E-state index in [4.69, 9.17) is 10.2 Å². The minimum atomic E-state index is -0.683. The first-order chi connectivity index (χ1) is 19.9. The Balaban J connectivity index is 1.64. The topological polar surface area (TPSA) is 121 Å². The molecule has 2 aromatic carbocycles. The Morgan fingerprint density at radius 1 is 1.14 bits per heavy atom. The van der Waals surface area contributed by atoms with Gasteiger partial charge in [-0.15, -0.1) is 0 Å². The van der Waals surface area contributed by atoms with Gasteiger partial charge in [0.05, 0.1) is 12.7 Å². The van der Waals surface area contributed by atoms with Crippen molar-refractivity contribution < 1.29 is 14.0 Å². The van der Waals surface area contributed by atoms with Gasteiger partial charge in [0.25, 0.3) is 11.5 Å². The van der Waals surface area contributed by atoms with E-state index in [0.29, 0.717) is 29.3 Å². The third-order valence-corrected chi connectivity index (χ3v) is 6.95. The van der Waals surface area contributed by atoms with Crippen LogP contribution in [0.2, 0.25) is 0 Å². The number of pyridine rings is 2. The van der Waals surface area contributed by atoms with Crippen LogP contribution in [0.15, 0.2) is 65.7 Å². The summed E-state index contributed by atoms with van der Waals surface area (Å²) in [4.78, 5) is 35.5. The molecule has 0 radical (unpaired) electrons. The van der Waals surface area contributed by atoms with Crippen molar-refractivity contribution in [3.05, 3.63) is 105 Å². The van der Waals surface area contributed by atoms with Gasteiger partial charge in [-0.1, -0.05) is 39.0 Å². The molecule has 4 N–H and O–H groups in total. The summed E-state index contributed by atoms with van der Waals surface area (Å²) in [5.41, 5.74) is 6.85. The predicted octanol–water partition coefficient (Wildman–Crippen LogP) is 5.84. The molecule has 2 aromatic heterocycles. The lowest BCUT2D eigenvalue weighted by Gasteiger charge is -2.21. The molecule has 0 aliphatic carbocycles. The number of halogens is 1. The normalized spacial score (nSPS) is 11.3. The lowest BCUT2D eigenvalue weighted by molar-refractivity contribution is 0.0866. The van der Waals surface area contributed by atoms with E-state index >= 15 is 4.39 Å². The van der Waals surface area contributed by atoms with Crippen molar-refractivity contribution in [1.29, 1.82) is 5.41 Å². The number of hydroxylamine groups is 1. The molecule has 2 heterocycles. The van der Waals surface area contributed by atoms with Gasteiger partial charge in [0.2, 0.25) is 0 Å². The number of hydrogen-bond acceptors (Lipinski definition) is 7. The van der Waals surface area contributed by atoms with Crippen molar-refractivity contribution in [2.75, 3.05) is 17.7 Å². The van der Waals surface area contributed by atoms with E-state index in [1.807, 2.05) is 39.8 Å². The zero-order valence-electron chi connectivity index (χ0n) is 24.6. The number of carbonyl (C=O) groups is 1. The summed E-state index contributed by atoms with van der Waals surface area (Å²) in [5.74, 6) is -0.827. The summed E-state index contributed by atoms with van der Waals surface area (Å²) < 4.78 is 16.7. The summed E-state index contributed by atoms with van der Waals surface area (Å²) in [7, 11) is 3.20. The largest absolute Gasteiger partial charge is 0.336 e. The van der Waals surface area contributed by atoms with Crippen LogP contribution in [0, 0.1) is 18.2 Å². The van der Waals surface area contributed by atoms with Crippen molar-refractivity contribution in [3.63, 3.8) is 0 Å². The molecule has 1 amide bonds. The second-order valence-corrected chi connectivity index (χ2v) is 11.0. The molecule has 0 unspecified atom stereocenters. The highest BCUT2D eigenvalue weighted by Crippen LogP contribution is 2.31. The third kappa shape index (κ3) is 6.62. The molecule has 0 aliphatic rings. The van der Waals surface area contributed by atoms with Crippen LogP contribution in [-0.4, -0.2) is 28.8 Å². The van der Waals surface area contributed by atoms with Crippen molar-refractivity contribution in [2.45, 2.75) is 39.7 Å². The lowest BCUT2D eigenvalue weighted by atomic mass is 9.85. The minimum absolute atomic E-state index is 0.187. The van der Waals surface area contributed by atoms with Gasteiger partial charge in [-0.3, -0.25) is 9.59 Å². The van der Waals surface area contributed by atoms with Crippen LogP contribution in [0.5, 0.6) is 0 Å². The molecular weight excluding hydrogens is 535 g/mol. The fourth-order valence-electron chi connectivity index (χ4n) is 4.53. The SMILES string of the molecule is CONCc1ccc(Nc2cc(-c3cccc(NC(=O)c4c(F)cc(C(C)(C)C)cc4C=N)c3C)cn(C)c2=O)nc1. The van der Waals surface area contributed by atoms with E-state index in [2.05, 4.69) is 21.1 Å². The number of anilines is 3. The van der Waals surface area contributed by atoms with E-state index in [1.165, 1.54) is 17.7 Å². The molecule has 10 heteroatoms. The maximum absolute atomic E-state index is 15.2. The summed E-state index contributed by atoms with van der Waals surface area (Å²) in [6, 6.07) is 13.8. The van der Waals surface area contributed by atoms with Crippen LogP contribution in [0.4, 0.5) is 21.6 Å². The molecule has 0 saturated heterocycles. The molecule has 0 spiro atoms. The number of nitrogens with zero attached hydrogens (tertiary/aromatic N) is 2. The first kappa shape index (κ1) is 30.3. The van der Waals surface area contributed by atoms with Gasteiger partial charge < -0.3 is 25.4 Å². The molecule has 0 aliphatic heterocycles. The Kier molecular flexibility index (Phi) is 8.99. The lowest BCUT2D eigenvalue weighted by Crippen LogP contribution is -2.20. The monoisotopic (exact) mass is 570 g/mol. The average molecular weight is 571 g/mol. The Morgan fingerprint density at radius 2 is 1.90 bits per heavy atom. The number of benzene rings is 2. The van der Waals surface area contributed by atoms with E-state index < -0.39 is 11.7 Å². The second-order valence-electron chi connectivity index (χ2n) is 11.0. The maximum atomic E-state index is 15.2. The van der Waals surface area contributed by atoms with E-state index in [-0.39, 0.29) is 22.1 Å². The highest BCUT2D eigenvalue weighted by Gasteiger charge is 2.23. The number of hydrogen-bond donors (Lipinski definition) is 4. The number of nitrogens with one attached hydrogen (secondary N) is 4. The zero-order chi connectivity index (χ0) is 30.6. The van der Waals surface area contributed by atoms with Gasteiger partial charge >= 0.3 is 0 Å². The Hall–Kier alpha value is -4.67. The Morgan fingerprint density at radius 3 is 2.55 bits per heavy atom. The number of carbonyl (C=O) groups excluding carboxylic acids is 1. The van der Waals surface area contributed by atoms with E-state index in [1.54, 1.807) is 49.8 Å². The molecule has 4 rings (SSSR count). The number of amides is 1. The number of rotatable bonds is 9. The van der Waals surface area contributed by atoms with Gasteiger partial charge in [0.1, 0.15) is 17.3 Å². The van der Waals surface area contributed by atoms with Gasteiger partial charge in [0.15, 0.2) is 0 Å². The molecule has 42 heavy (non-hydrogen) atoms. The van der Waals surface area contributed by atoms with Crippen molar-refractivity contribution in [1.82, 2.24) is 15.0 Å². The fraction of sp³-hybridized carbons (Fsp3) is 0.250. The summed E-state index contributed by atoms with van der Waals surface area (Å²) >= 11 is 0. The molecule has 4 aromatic rings. The Bertz CT molecular complexity index is 1690. The standard InChI is InChI=1S/C32H35FN6O3/c1-19-24(22-13-27(31(41)39(5)18-22)37-28-11-10-20(16-35-28)17-36-42-6)8-7-9-26(19)38-30(40)29-21(15-34)12-23(14-25(29)33)32(2,3)4/h7-16,18,34,36H,17H2,1-6H3,(H,35,37)(H,38,40). The number of aryl methyl sites for hydroxylation is 1. The average Bonchev–Trinajstić information content (AvgIpc) is 2.95. The van der Waals surface area contributed by atoms with Crippen LogP contribution in [0.25, 0.3) is 11.1 Å². The van der Waals surface area contributed by atoms with Crippen LogP contribution in [0.1, 0.15) is 53.4 Å². The zero-order valence-corrected chi connectivity index (χ0v) is 24.6. The van der Waals surface area contributed by atoms with E-state index in [9.17, 15) is 9.59 Å². The van der Waals surface area contributed by atoms with Crippen LogP contribution in [-0.2, 0) is 23.8 Å². The quantitative estimate of drug-likeness (QED) is 0.148. The summed E-state index contributed by atoms with van der Waals surface area (Å²) in [5, 5.41) is 13.7. The smallest absolute Gasteiger partial charge is 0.274 e. The molecule has 0 fully saturated rings. The van der Waals surface area contributed by atoms with Crippen molar-refractivity contribution in [2.24, 2.45) is 7.05 Å². The van der Waals surface area contributed by atoms with Crippen LogP contribution in [0.3, 0.4) is 0 Å². The first-order valence-corrected chi connectivity index (χ1v) is 13.4. The minimum Gasteiger partial charge on any atom is -0.336 e. The van der Waals surface area contributed by atoms with Crippen molar-refractivity contribution >= 4 is 29.3 Å². The van der Waals surface area contributed by atoms with Crippen molar-refractivity contribution in [3.8, 4) is 11.1 Å². The van der Waals surface area contributed by atoms with E-state index in [0.717, 1.165) is 28.5 Å². The predicted molar refractivity (Wildman–Crippen MR) is 164 cm³/mol. The second kappa shape index (κ2) is 12.5. The molecule has 218 valence electrons. The maximum Gasteiger partial charge on any atom is 0.274 e. The summed E-state index contributed by atoms with van der Waals surface area (Å²) in [6.45, 7) is 8.16. The van der Waals surface area contributed by atoms with Gasteiger partial charge in [0, 0.05) is 49.0 Å².